The Bertz CT molecular complexity index is 863. The van der Waals surface area contributed by atoms with Crippen molar-refractivity contribution in [3.63, 3.8) is 0 Å². The summed E-state index contributed by atoms with van der Waals surface area (Å²) in [6, 6.07) is 4.36. The average Bonchev–Trinajstić information content (AvgIpc) is 2.90. The van der Waals surface area contributed by atoms with E-state index in [9.17, 15) is 22.8 Å². The molecule has 1 saturated heterocycles. The molecule has 9 heteroatoms. The number of hydrogen-bond donors (Lipinski definition) is 1. The molecule has 140 valence electrons. The van der Waals surface area contributed by atoms with Gasteiger partial charge in [0, 0.05) is 36.0 Å². The molecular weight excluding hydrogens is 369 g/mol. The third kappa shape index (κ3) is 3.53. The number of benzene rings is 1. The highest BCUT2D eigenvalue weighted by molar-refractivity contribution is 7.99. The Morgan fingerprint density at radius 3 is 2.69 bits per heavy atom. The molecule has 2 aromatic rings. The minimum atomic E-state index is -4.45. The maximum Gasteiger partial charge on any atom is 0.416 e. The summed E-state index contributed by atoms with van der Waals surface area (Å²) < 4.78 is 40.3. The van der Waals surface area contributed by atoms with Crippen molar-refractivity contribution in [3.8, 4) is 0 Å². The average molecular weight is 386 g/mol. The summed E-state index contributed by atoms with van der Waals surface area (Å²) in [5.41, 5.74) is -0.00291. The molecule has 1 N–H and O–H groups in total. The lowest BCUT2D eigenvalue weighted by atomic mass is 10.1. The van der Waals surface area contributed by atoms with Gasteiger partial charge >= 0.3 is 12.1 Å². The first-order chi connectivity index (χ1) is 12.2. The second kappa shape index (κ2) is 6.86. The van der Waals surface area contributed by atoms with Crippen LogP contribution in [0.1, 0.15) is 22.5 Å². The van der Waals surface area contributed by atoms with Gasteiger partial charge in [-0.2, -0.15) is 24.9 Å². The minimum absolute atomic E-state index is 0.152. The van der Waals surface area contributed by atoms with Crippen LogP contribution in [0.3, 0.4) is 0 Å². The number of carbonyl (C=O) groups excluding carboxylic acids is 1. The number of aryl methyl sites for hydroxylation is 1. The number of thioether (sulfide) groups is 1. The van der Waals surface area contributed by atoms with Crippen LogP contribution in [0.4, 0.5) is 13.2 Å². The highest BCUT2D eigenvalue weighted by Crippen LogP contribution is 2.32. The molecule has 26 heavy (non-hydrogen) atoms. The van der Waals surface area contributed by atoms with Gasteiger partial charge in [0.25, 0.3) is 5.91 Å². The van der Waals surface area contributed by atoms with Crippen LogP contribution in [0, 0.1) is 0 Å². The molecule has 1 aromatic carbocycles. The van der Waals surface area contributed by atoms with Gasteiger partial charge in [0.2, 0.25) is 0 Å². The molecule has 5 nitrogen and oxygen atoms in total. The molecule has 1 atom stereocenters. The fourth-order valence-electron chi connectivity index (χ4n) is 3.17. The van der Waals surface area contributed by atoms with Crippen molar-refractivity contribution in [2.75, 3.05) is 18.1 Å². The highest BCUT2D eigenvalue weighted by Gasteiger charge is 2.33. The van der Waals surface area contributed by atoms with Gasteiger partial charge in [-0.05, 0) is 24.3 Å². The number of fused-ring (bicyclic) bond motifs is 1. The van der Waals surface area contributed by atoms with Crippen molar-refractivity contribution in [1.29, 1.82) is 0 Å². The Hall–Kier alpha value is -2.16. The number of nitrogens with zero attached hydrogens (tertiary/aromatic N) is 2. The van der Waals surface area contributed by atoms with Crippen LogP contribution >= 0.6 is 11.8 Å². The predicted molar refractivity (Wildman–Crippen MR) is 92.3 cm³/mol. The van der Waals surface area contributed by atoms with Crippen LogP contribution < -0.4 is 0 Å². The van der Waals surface area contributed by atoms with Crippen molar-refractivity contribution >= 4 is 34.5 Å². The predicted octanol–water partition coefficient (Wildman–Crippen LogP) is 3.23. The largest absolute Gasteiger partial charge is 0.481 e. The smallest absolute Gasteiger partial charge is 0.416 e. The van der Waals surface area contributed by atoms with E-state index in [-0.39, 0.29) is 18.0 Å². The van der Waals surface area contributed by atoms with Crippen LogP contribution in [0.2, 0.25) is 0 Å². The molecule has 1 amide bonds. The number of aromatic nitrogens is 1. The van der Waals surface area contributed by atoms with Gasteiger partial charge in [-0.15, -0.1) is 0 Å². The van der Waals surface area contributed by atoms with E-state index in [1.54, 1.807) is 23.4 Å². The lowest BCUT2D eigenvalue weighted by molar-refractivity contribution is -0.138. The number of carboxylic acid groups (broad SMARTS) is 1. The number of carboxylic acids is 1. The van der Waals surface area contributed by atoms with E-state index < -0.39 is 23.8 Å². The van der Waals surface area contributed by atoms with Crippen LogP contribution in [0.15, 0.2) is 24.3 Å². The third-order valence-corrected chi connectivity index (χ3v) is 5.58. The van der Waals surface area contributed by atoms with E-state index >= 15 is 0 Å². The number of rotatable bonds is 3. The second-order valence-corrected chi connectivity index (χ2v) is 7.33. The number of alkyl halides is 3. The molecule has 1 fully saturated rings. The summed E-state index contributed by atoms with van der Waals surface area (Å²) >= 11 is 1.59. The maximum absolute atomic E-state index is 12.9. The summed E-state index contributed by atoms with van der Waals surface area (Å²) in [5.74, 6) is -0.115. The molecule has 0 spiro atoms. The van der Waals surface area contributed by atoms with Crippen LogP contribution in [-0.4, -0.2) is 50.5 Å². The summed E-state index contributed by atoms with van der Waals surface area (Å²) in [5, 5.41) is 9.38. The molecule has 1 unspecified atom stereocenters. The summed E-state index contributed by atoms with van der Waals surface area (Å²) in [6.07, 6.45) is -4.61. The van der Waals surface area contributed by atoms with Crippen molar-refractivity contribution in [1.82, 2.24) is 9.47 Å². The van der Waals surface area contributed by atoms with E-state index in [2.05, 4.69) is 0 Å². The number of hydrogen-bond acceptors (Lipinski definition) is 3. The summed E-state index contributed by atoms with van der Waals surface area (Å²) in [7, 11) is 1.62. The topological polar surface area (TPSA) is 62.5 Å². The first-order valence-electron chi connectivity index (χ1n) is 7.95. The molecule has 2 heterocycles. The van der Waals surface area contributed by atoms with Gasteiger partial charge in [0.05, 0.1) is 18.0 Å². The Morgan fingerprint density at radius 2 is 2.04 bits per heavy atom. The second-order valence-electron chi connectivity index (χ2n) is 6.19. The quantitative estimate of drug-likeness (QED) is 0.880. The number of halogens is 3. The van der Waals surface area contributed by atoms with Crippen LogP contribution in [0.5, 0.6) is 0 Å². The van der Waals surface area contributed by atoms with Crippen LogP contribution in [-0.2, 0) is 18.0 Å². The zero-order chi connectivity index (χ0) is 19.1. The summed E-state index contributed by atoms with van der Waals surface area (Å²) in [4.78, 5) is 25.5. The van der Waals surface area contributed by atoms with Crippen LogP contribution in [0.25, 0.3) is 10.9 Å². The lowest BCUT2D eigenvalue weighted by Gasteiger charge is -2.34. The van der Waals surface area contributed by atoms with E-state index in [1.807, 2.05) is 0 Å². The van der Waals surface area contributed by atoms with Crippen molar-refractivity contribution in [2.45, 2.75) is 18.6 Å². The van der Waals surface area contributed by atoms with E-state index in [4.69, 9.17) is 5.11 Å². The number of aliphatic carboxylic acids is 1. The zero-order valence-corrected chi connectivity index (χ0v) is 14.7. The van der Waals surface area contributed by atoms with E-state index in [0.717, 1.165) is 12.1 Å². The molecule has 3 rings (SSSR count). The Labute approximate surface area is 151 Å². The molecule has 0 radical (unpaired) electrons. The molecule has 1 aliphatic heterocycles. The maximum atomic E-state index is 12.9. The van der Waals surface area contributed by atoms with E-state index in [1.165, 1.54) is 17.0 Å². The standard InChI is InChI=1S/C17H17F3N2O3S/c1-21-13-3-2-11(17(18,19)20)6-10(13)7-14(21)16(25)22-4-5-26-9-12(22)8-15(23)24/h2-3,6-7,12H,4-5,8-9H2,1H3,(H,23,24). The fraction of sp³-hybridized carbons (Fsp3) is 0.412. The van der Waals surface area contributed by atoms with E-state index in [0.29, 0.717) is 29.0 Å². The number of amides is 1. The third-order valence-electron chi connectivity index (χ3n) is 4.49. The lowest BCUT2D eigenvalue weighted by Crippen LogP contribution is -2.47. The Morgan fingerprint density at radius 1 is 1.31 bits per heavy atom. The minimum Gasteiger partial charge on any atom is -0.481 e. The molecule has 1 aliphatic rings. The van der Waals surface area contributed by atoms with Gasteiger partial charge in [-0.3, -0.25) is 9.59 Å². The normalized spacial score (nSPS) is 18.3. The SMILES string of the molecule is Cn1c(C(=O)N2CCSCC2CC(=O)O)cc2cc(C(F)(F)F)ccc21. The van der Waals surface area contributed by atoms with Crippen molar-refractivity contribution in [2.24, 2.45) is 7.05 Å². The zero-order valence-electron chi connectivity index (χ0n) is 13.9. The Balaban J connectivity index is 1.97. The van der Waals surface area contributed by atoms with Gasteiger partial charge in [-0.1, -0.05) is 0 Å². The molecule has 1 aromatic heterocycles. The molecule has 0 bridgehead atoms. The molecule has 0 saturated carbocycles. The monoisotopic (exact) mass is 386 g/mol. The van der Waals surface area contributed by atoms with Gasteiger partial charge in [-0.25, -0.2) is 0 Å². The highest BCUT2D eigenvalue weighted by atomic mass is 32.2. The number of carbonyl (C=O) groups is 2. The fourth-order valence-corrected chi connectivity index (χ4v) is 4.23. The van der Waals surface area contributed by atoms with Crippen molar-refractivity contribution in [3.05, 3.63) is 35.5 Å². The Kier molecular flexibility index (Phi) is 4.92. The van der Waals surface area contributed by atoms with Crippen molar-refractivity contribution < 1.29 is 27.9 Å². The molecular formula is C17H17F3N2O3S. The molecule has 0 aliphatic carbocycles. The first-order valence-corrected chi connectivity index (χ1v) is 9.11. The summed E-state index contributed by atoms with van der Waals surface area (Å²) in [6.45, 7) is 0.413. The van der Waals surface area contributed by atoms with Gasteiger partial charge in [0.1, 0.15) is 5.69 Å². The first kappa shape index (κ1) is 18.6. The van der Waals surface area contributed by atoms with Gasteiger partial charge in [0.15, 0.2) is 0 Å². The van der Waals surface area contributed by atoms with Gasteiger partial charge < -0.3 is 14.6 Å².